The van der Waals surface area contributed by atoms with E-state index in [4.69, 9.17) is 18.2 Å². The minimum Gasteiger partial charge on any atom is -0.507 e. The Morgan fingerprint density at radius 1 is 0.537 bits per heavy atom. The van der Waals surface area contributed by atoms with Gasteiger partial charge in [-0.1, -0.05) is 176 Å². The quantitative estimate of drug-likeness (QED) is 0.154. The maximum atomic E-state index is 12.0. The van der Waals surface area contributed by atoms with Crippen molar-refractivity contribution in [3.8, 4) is 89.7 Å². The molecule has 0 saturated carbocycles. The number of phenols is 1. The summed E-state index contributed by atoms with van der Waals surface area (Å²) in [6.45, 7) is 5.71. The number of nitrogens with zero attached hydrogens (tertiary/aromatic N) is 3. The van der Waals surface area contributed by atoms with E-state index in [0.717, 1.165) is 66.7 Å². The summed E-state index contributed by atoms with van der Waals surface area (Å²) < 4.78 is 52.4. The van der Waals surface area contributed by atoms with Gasteiger partial charge in [0.2, 0.25) is 0 Å². The molecule has 332 valence electrons. The molecule has 2 heterocycles. The second-order valence-corrected chi connectivity index (χ2v) is 18.1. The number of pyridine rings is 1. The van der Waals surface area contributed by atoms with Gasteiger partial charge < -0.3 is 5.11 Å². The van der Waals surface area contributed by atoms with Crippen molar-refractivity contribution in [2.45, 2.75) is 53.7 Å². The second kappa shape index (κ2) is 18.3. The molecular weight excluding hydrogens is 998 g/mol. The molecule has 0 aliphatic carbocycles. The van der Waals surface area contributed by atoms with E-state index in [1.807, 2.05) is 129 Å². The van der Waals surface area contributed by atoms with Crippen LogP contribution in [-0.2, 0) is 26.5 Å². The zero-order valence-electron chi connectivity index (χ0n) is 43.9. The Morgan fingerprint density at radius 2 is 1.21 bits per heavy atom. The van der Waals surface area contributed by atoms with Crippen LogP contribution >= 0.6 is 0 Å². The van der Waals surface area contributed by atoms with Crippen molar-refractivity contribution in [3.63, 3.8) is 0 Å². The van der Waals surface area contributed by atoms with Crippen molar-refractivity contribution in [1.82, 2.24) is 14.5 Å². The zero-order chi connectivity index (χ0) is 50.7. The summed E-state index contributed by atoms with van der Waals surface area (Å²) in [6.07, 6.45) is 1.76. The summed E-state index contributed by atoms with van der Waals surface area (Å²) in [6, 6.07) is 60.6. The predicted octanol–water partition coefficient (Wildman–Crippen LogP) is 16.1. The Bertz CT molecular complexity index is 3650. The normalized spacial score (nSPS) is 13.1. The molecule has 0 unspecified atom stereocenters. The minimum absolute atomic E-state index is 0. The molecule has 0 atom stereocenters. The van der Waals surface area contributed by atoms with Gasteiger partial charge in [-0.25, -0.2) is 4.98 Å². The van der Waals surface area contributed by atoms with E-state index >= 15 is 0 Å². The summed E-state index contributed by atoms with van der Waals surface area (Å²) in [7, 11) is 0. The third-order valence-electron chi connectivity index (χ3n) is 12.4. The third-order valence-corrected chi connectivity index (χ3v) is 12.4. The average molecular weight is 1060 g/mol. The number of imidazole rings is 1. The van der Waals surface area contributed by atoms with Crippen molar-refractivity contribution < 1.29 is 34.4 Å². The van der Waals surface area contributed by atoms with Crippen LogP contribution in [0.15, 0.2) is 182 Å². The number of hydrogen-bond acceptors (Lipinski definition) is 3. The Morgan fingerprint density at radius 3 is 1.91 bits per heavy atom. The fourth-order valence-electron chi connectivity index (χ4n) is 8.95. The minimum atomic E-state index is -2.46. The van der Waals surface area contributed by atoms with Gasteiger partial charge in [0.15, 0.2) is 0 Å². The fraction of sp³-hybridized carbons (Fsp3) is 0.129. The number of phenolic OH excluding ortho intramolecular Hbond substituents is 1. The number of rotatable bonds is 8. The van der Waals surface area contributed by atoms with E-state index in [2.05, 4.69) is 79.9 Å². The first-order chi connectivity index (χ1) is 34.3. The first kappa shape index (κ1) is 38.0. The summed E-state index contributed by atoms with van der Waals surface area (Å²) in [5, 5.41) is 12.0. The second-order valence-electron chi connectivity index (χ2n) is 18.1. The summed E-state index contributed by atoms with van der Waals surface area (Å²) in [5.41, 5.74) is 15.2. The van der Waals surface area contributed by atoms with Crippen LogP contribution in [0.4, 0.5) is 0 Å². The van der Waals surface area contributed by atoms with Crippen LogP contribution in [-0.4, -0.2) is 19.6 Å². The fourth-order valence-corrected chi connectivity index (χ4v) is 8.95. The molecule has 0 amide bonds. The molecule has 1 N–H and O–H groups in total. The molecule has 67 heavy (non-hydrogen) atoms. The maximum Gasteiger partial charge on any atom is 0.148 e. The number of benzene rings is 8. The summed E-state index contributed by atoms with van der Waals surface area (Å²) in [5.74, 6) is 0.573. The molecule has 5 heteroatoms. The van der Waals surface area contributed by atoms with E-state index in [1.165, 1.54) is 0 Å². The van der Waals surface area contributed by atoms with Crippen LogP contribution in [0.3, 0.4) is 0 Å². The molecule has 0 saturated heterocycles. The smallest absolute Gasteiger partial charge is 0.148 e. The Hall–Kier alpha value is -7.13. The van der Waals surface area contributed by atoms with Crippen molar-refractivity contribution in [2.75, 3.05) is 0 Å². The topological polar surface area (TPSA) is 50.9 Å². The summed E-state index contributed by atoms with van der Waals surface area (Å²) >= 11 is 0. The molecule has 0 bridgehead atoms. The summed E-state index contributed by atoms with van der Waals surface area (Å²) in [4.78, 5) is 10.4. The van der Waals surface area contributed by atoms with Gasteiger partial charge in [-0.05, 0) is 119 Å². The molecule has 0 radical (unpaired) electrons. The predicted molar refractivity (Wildman–Crippen MR) is 275 cm³/mol. The van der Waals surface area contributed by atoms with E-state index in [0.29, 0.717) is 45.0 Å². The van der Waals surface area contributed by atoms with Crippen molar-refractivity contribution in [2.24, 2.45) is 0 Å². The van der Waals surface area contributed by atoms with Crippen LogP contribution < -0.4 is 0 Å². The van der Waals surface area contributed by atoms with Crippen molar-refractivity contribution in [1.29, 1.82) is 0 Å². The molecule has 4 nitrogen and oxygen atoms in total. The van der Waals surface area contributed by atoms with Gasteiger partial charge in [0.1, 0.15) is 11.6 Å². The largest absolute Gasteiger partial charge is 0.507 e. The van der Waals surface area contributed by atoms with E-state index in [9.17, 15) is 5.11 Å². The van der Waals surface area contributed by atoms with Gasteiger partial charge in [-0.3, -0.25) is 9.55 Å². The Labute approximate surface area is 417 Å². The molecule has 0 aliphatic heterocycles. The number of aromatic nitrogens is 3. The standard InChI is InChI=1S/C62H52N3O.Pt/c1-39-21-23-44(24-22-39)47-29-30-63-56(37-47)50-35-48(43-15-10-8-11-16-43)34-49(36-50)52-19-14-20-57-59(52)64-61(55-32-40(2)31-42(4)60(55)66)65(57)58-38-53(45-17-12-9-13-18-45)41(3)33-54(58)46-25-27-51(28-26-46)62(5,6)7;/h8-35,37-38,66H,1-7H3;/q-1;/i1D3,3D3;. The van der Waals surface area contributed by atoms with Gasteiger partial charge in [0.25, 0.3) is 0 Å². The molecule has 2 aromatic heterocycles. The number of para-hydroxylation sites is 1. The molecule has 10 aromatic rings. The molecule has 8 aromatic carbocycles. The maximum absolute atomic E-state index is 12.0. The molecule has 0 spiro atoms. The first-order valence-corrected chi connectivity index (χ1v) is 22.2. The van der Waals surface area contributed by atoms with Crippen LogP contribution in [0.2, 0.25) is 0 Å². The number of aryl methyl sites for hydroxylation is 4. The Kier molecular flexibility index (Phi) is 10.4. The molecule has 0 aliphatic rings. The molecular formula is C62H52N3OPt-. The number of fused-ring (bicyclic) bond motifs is 1. The van der Waals surface area contributed by atoms with Crippen LogP contribution in [0.1, 0.15) is 56.8 Å². The van der Waals surface area contributed by atoms with Gasteiger partial charge >= 0.3 is 0 Å². The van der Waals surface area contributed by atoms with Crippen LogP contribution in [0.5, 0.6) is 5.75 Å². The van der Waals surface area contributed by atoms with Crippen molar-refractivity contribution in [3.05, 3.63) is 216 Å². The SMILES string of the molecule is [2H]C([2H])([2H])c1ccc(-c2ccnc(-c3[c-]c(-c4cccc5c4nc(-c4cc(C)cc(C)c4O)n5-c4cc(-c5ccccc5)c(C([2H])([2H])[2H])cc4-c4ccc(C(C)(C)C)cc4)cc(-c4ccccc4)c3)c2)cc1.[Pt]. The van der Waals surface area contributed by atoms with E-state index in [1.54, 1.807) is 18.3 Å². The van der Waals surface area contributed by atoms with Gasteiger partial charge in [0, 0.05) is 46.7 Å². The molecule has 0 fully saturated rings. The monoisotopic (exact) mass is 1060 g/mol. The first-order valence-electron chi connectivity index (χ1n) is 25.2. The van der Waals surface area contributed by atoms with Gasteiger partial charge in [-0.15, -0.1) is 23.8 Å². The number of hydrogen-bond donors (Lipinski definition) is 1. The average Bonchev–Trinajstić information content (AvgIpc) is 3.76. The number of aromatic hydroxyl groups is 1. The third kappa shape index (κ3) is 8.83. The Balaban J connectivity index is 0.00000656. The van der Waals surface area contributed by atoms with E-state index in [-0.39, 0.29) is 43.4 Å². The van der Waals surface area contributed by atoms with Crippen LogP contribution in [0, 0.1) is 33.6 Å². The van der Waals surface area contributed by atoms with Crippen LogP contribution in [0.25, 0.3) is 95.0 Å². The zero-order valence-corrected chi connectivity index (χ0v) is 40.2. The molecule has 10 rings (SSSR count). The van der Waals surface area contributed by atoms with Crippen molar-refractivity contribution >= 4 is 11.0 Å². The van der Waals surface area contributed by atoms with Gasteiger partial charge in [0.05, 0.1) is 22.3 Å². The van der Waals surface area contributed by atoms with E-state index < -0.39 is 13.7 Å². The van der Waals surface area contributed by atoms with Gasteiger partial charge in [-0.2, -0.15) is 0 Å².